The summed E-state index contributed by atoms with van der Waals surface area (Å²) >= 11 is 0. The van der Waals surface area contributed by atoms with Gasteiger partial charge < -0.3 is 4.74 Å². The van der Waals surface area contributed by atoms with E-state index in [1.165, 1.54) is 24.3 Å². The number of rotatable bonds is 4. The van der Waals surface area contributed by atoms with E-state index in [9.17, 15) is 18.4 Å². The average Bonchev–Trinajstić information content (AvgIpc) is 2.48. The molecule has 108 valence electrons. The van der Waals surface area contributed by atoms with Crippen molar-refractivity contribution >= 4 is 11.8 Å². The van der Waals surface area contributed by atoms with E-state index < -0.39 is 23.8 Å². The Morgan fingerprint density at radius 2 is 1.65 bits per heavy atom. The fraction of sp³-hybridized carbons (Fsp3) is 0.467. The van der Waals surface area contributed by atoms with Gasteiger partial charge in [0.25, 0.3) is 0 Å². The lowest BCUT2D eigenvalue weighted by Gasteiger charge is -2.23. The smallest absolute Gasteiger partial charge is 0.404 e. The first-order chi connectivity index (χ1) is 9.51. The first kappa shape index (κ1) is 14.6. The second-order valence-electron chi connectivity index (χ2n) is 4.93. The Hall–Kier alpha value is -1.78. The molecule has 0 radical (unpaired) electrons. The summed E-state index contributed by atoms with van der Waals surface area (Å²) in [6.07, 6.45) is 3.41. The minimum atomic E-state index is -4.13. The van der Waals surface area contributed by atoms with Gasteiger partial charge in [0, 0.05) is 5.56 Å². The fourth-order valence-corrected chi connectivity index (χ4v) is 2.27. The van der Waals surface area contributed by atoms with Crippen LogP contribution in [0.25, 0.3) is 0 Å². The molecule has 5 heteroatoms. The molecule has 0 unspecified atom stereocenters. The maximum atomic E-state index is 13.8. The molecule has 1 saturated carbocycles. The summed E-state index contributed by atoms with van der Waals surface area (Å²) in [5.74, 6) is -7.38. The van der Waals surface area contributed by atoms with Gasteiger partial charge in [-0.05, 0) is 25.7 Å². The van der Waals surface area contributed by atoms with Crippen LogP contribution in [0.1, 0.15) is 42.5 Å². The van der Waals surface area contributed by atoms with Crippen LogP contribution in [0.5, 0.6) is 0 Å². The third-order valence-electron chi connectivity index (χ3n) is 3.40. The standard InChI is InChI=1S/C15H16F2O3/c16-15(17,13(18)11-7-3-1-4-8-11)14(19)20-12-9-5-2-6-10-12/h1,3-4,7-8,12H,2,5-6,9-10H2. The quantitative estimate of drug-likeness (QED) is 0.483. The van der Waals surface area contributed by atoms with Gasteiger partial charge in [-0.2, -0.15) is 8.78 Å². The lowest BCUT2D eigenvalue weighted by atomic mass is 9.97. The predicted molar refractivity (Wildman–Crippen MR) is 68.7 cm³/mol. The summed E-state index contributed by atoms with van der Waals surface area (Å²) in [5, 5.41) is 0. The minimum Gasteiger partial charge on any atom is -0.458 e. The number of esters is 1. The zero-order valence-electron chi connectivity index (χ0n) is 11.0. The van der Waals surface area contributed by atoms with Crippen LogP contribution in [0.4, 0.5) is 8.78 Å². The highest BCUT2D eigenvalue weighted by Crippen LogP contribution is 2.26. The Morgan fingerprint density at radius 1 is 1.05 bits per heavy atom. The molecule has 1 aliphatic carbocycles. The van der Waals surface area contributed by atoms with Gasteiger partial charge in [0.2, 0.25) is 5.78 Å². The summed E-state index contributed by atoms with van der Waals surface area (Å²) in [6.45, 7) is 0. The molecule has 0 heterocycles. The molecule has 2 rings (SSSR count). The Bertz CT molecular complexity index is 479. The molecule has 0 atom stereocenters. The molecule has 0 spiro atoms. The number of halogens is 2. The van der Waals surface area contributed by atoms with Gasteiger partial charge in [-0.15, -0.1) is 0 Å². The molecule has 1 aromatic carbocycles. The molecule has 0 bridgehead atoms. The topological polar surface area (TPSA) is 43.4 Å². The molecule has 0 aliphatic heterocycles. The number of ether oxygens (including phenoxy) is 1. The normalized spacial score (nSPS) is 16.7. The monoisotopic (exact) mass is 282 g/mol. The van der Waals surface area contributed by atoms with Gasteiger partial charge in [0.15, 0.2) is 0 Å². The van der Waals surface area contributed by atoms with E-state index in [0.717, 1.165) is 19.3 Å². The maximum Gasteiger partial charge on any atom is 0.404 e. The molecule has 20 heavy (non-hydrogen) atoms. The Morgan fingerprint density at radius 3 is 2.25 bits per heavy atom. The number of hydrogen-bond donors (Lipinski definition) is 0. The van der Waals surface area contributed by atoms with E-state index in [1.54, 1.807) is 6.07 Å². The van der Waals surface area contributed by atoms with Crippen molar-refractivity contribution in [2.75, 3.05) is 0 Å². The van der Waals surface area contributed by atoms with Crippen LogP contribution < -0.4 is 0 Å². The minimum absolute atomic E-state index is 0.196. The maximum absolute atomic E-state index is 13.8. The van der Waals surface area contributed by atoms with E-state index in [4.69, 9.17) is 4.74 Å². The molecule has 3 nitrogen and oxygen atoms in total. The van der Waals surface area contributed by atoms with Gasteiger partial charge in [0.1, 0.15) is 6.10 Å². The molecule has 0 N–H and O–H groups in total. The van der Waals surface area contributed by atoms with Crippen molar-refractivity contribution in [2.45, 2.75) is 44.1 Å². The summed E-state index contributed by atoms with van der Waals surface area (Å²) in [4.78, 5) is 23.3. The SMILES string of the molecule is O=C(OC1CCCCC1)C(F)(F)C(=O)c1ccccc1. The molecule has 1 aromatic rings. The number of carbonyl (C=O) groups excluding carboxylic acids is 2. The fourth-order valence-electron chi connectivity index (χ4n) is 2.27. The van der Waals surface area contributed by atoms with Crippen LogP contribution in [0, 0.1) is 0 Å². The highest BCUT2D eigenvalue weighted by Gasteiger charge is 2.50. The van der Waals surface area contributed by atoms with Crippen LogP contribution in [0.2, 0.25) is 0 Å². The summed E-state index contributed by atoms with van der Waals surface area (Å²) in [7, 11) is 0. The number of hydrogen-bond acceptors (Lipinski definition) is 3. The number of alkyl halides is 2. The molecular formula is C15H16F2O3. The lowest BCUT2D eigenvalue weighted by Crippen LogP contribution is -2.41. The second kappa shape index (κ2) is 6.11. The molecule has 1 fully saturated rings. The average molecular weight is 282 g/mol. The van der Waals surface area contributed by atoms with Gasteiger partial charge in [-0.1, -0.05) is 36.8 Å². The number of benzene rings is 1. The highest BCUT2D eigenvalue weighted by atomic mass is 19.3. The van der Waals surface area contributed by atoms with E-state index in [2.05, 4.69) is 0 Å². The van der Waals surface area contributed by atoms with E-state index in [-0.39, 0.29) is 5.56 Å². The molecule has 0 amide bonds. The first-order valence-corrected chi connectivity index (χ1v) is 6.70. The van der Waals surface area contributed by atoms with Crippen molar-refractivity contribution in [1.29, 1.82) is 0 Å². The summed E-state index contributed by atoms with van der Waals surface area (Å²) < 4.78 is 32.4. The second-order valence-corrected chi connectivity index (χ2v) is 4.93. The van der Waals surface area contributed by atoms with E-state index >= 15 is 0 Å². The van der Waals surface area contributed by atoms with Crippen LogP contribution >= 0.6 is 0 Å². The van der Waals surface area contributed by atoms with Crippen molar-refractivity contribution in [3.05, 3.63) is 35.9 Å². The van der Waals surface area contributed by atoms with Crippen molar-refractivity contribution in [3.63, 3.8) is 0 Å². The third kappa shape index (κ3) is 3.21. The molecule has 0 aromatic heterocycles. The first-order valence-electron chi connectivity index (χ1n) is 6.70. The van der Waals surface area contributed by atoms with Crippen LogP contribution in [0.15, 0.2) is 30.3 Å². The van der Waals surface area contributed by atoms with E-state index in [1.807, 2.05) is 0 Å². The number of carbonyl (C=O) groups is 2. The Balaban J connectivity index is 2.04. The van der Waals surface area contributed by atoms with Crippen molar-refractivity contribution in [3.8, 4) is 0 Å². The third-order valence-corrected chi connectivity index (χ3v) is 3.40. The van der Waals surface area contributed by atoms with Crippen molar-refractivity contribution in [2.24, 2.45) is 0 Å². The number of Topliss-reactive ketones (excluding diaryl/α,β-unsaturated/α-hetero) is 1. The van der Waals surface area contributed by atoms with Gasteiger partial charge >= 0.3 is 11.9 Å². The van der Waals surface area contributed by atoms with E-state index in [0.29, 0.717) is 12.8 Å². The van der Waals surface area contributed by atoms with Crippen LogP contribution in [-0.2, 0) is 9.53 Å². The Kier molecular flexibility index (Phi) is 4.47. The van der Waals surface area contributed by atoms with Gasteiger partial charge in [0.05, 0.1) is 0 Å². The van der Waals surface area contributed by atoms with Crippen molar-refractivity contribution in [1.82, 2.24) is 0 Å². The van der Waals surface area contributed by atoms with Gasteiger partial charge in [-0.25, -0.2) is 4.79 Å². The molecular weight excluding hydrogens is 266 g/mol. The molecule has 0 saturated heterocycles. The largest absolute Gasteiger partial charge is 0.458 e. The van der Waals surface area contributed by atoms with Crippen LogP contribution in [0.3, 0.4) is 0 Å². The molecule has 1 aliphatic rings. The number of ketones is 1. The zero-order chi connectivity index (χ0) is 14.6. The zero-order valence-corrected chi connectivity index (χ0v) is 11.0. The van der Waals surface area contributed by atoms with Crippen LogP contribution in [-0.4, -0.2) is 23.8 Å². The summed E-state index contributed by atoms with van der Waals surface area (Å²) in [6, 6.07) is 7.05. The predicted octanol–water partition coefficient (Wildman–Crippen LogP) is 3.38. The van der Waals surface area contributed by atoms with Gasteiger partial charge in [-0.3, -0.25) is 4.79 Å². The Labute approximate surface area is 115 Å². The van der Waals surface area contributed by atoms with Crippen molar-refractivity contribution < 1.29 is 23.1 Å². The highest BCUT2D eigenvalue weighted by molar-refractivity contribution is 6.13. The summed E-state index contributed by atoms with van der Waals surface area (Å²) in [5.41, 5.74) is -0.196. The lowest BCUT2D eigenvalue weighted by molar-refractivity contribution is -0.172.